The molecule has 0 aromatic carbocycles. The summed E-state index contributed by atoms with van der Waals surface area (Å²) in [6.45, 7) is 3.93. The fraction of sp³-hybridized carbons (Fsp3) is 0.294. The first-order valence-corrected chi connectivity index (χ1v) is 9.01. The number of nitrogens with one attached hydrogen (secondary N) is 1. The summed E-state index contributed by atoms with van der Waals surface area (Å²) in [7, 11) is 0. The van der Waals surface area contributed by atoms with Crippen LogP contribution in [-0.4, -0.2) is 46.2 Å². The molecule has 0 atom stereocenters. The predicted molar refractivity (Wildman–Crippen MR) is 97.7 cm³/mol. The summed E-state index contributed by atoms with van der Waals surface area (Å²) in [6.07, 6.45) is 5.29. The van der Waals surface area contributed by atoms with Crippen molar-refractivity contribution in [2.45, 2.75) is 6.54 Å². The molecule has 0 unspecified atom stereocenters. The molecule has 1 fully saturated rings. The fourth-order valence-electron chi connectivity index (χ4n) is 2.57. The van der Waals surface area contributed by atoms with Crippen LogP contribution in [-0.2, 0) is 11.3 Å². The zero-order chi connectivity index (χ0) is 16.9. The number of ether oxygens (including phenoxy) is 1. The predicted octanol–water partition coefficient (Wildman–Crippen LogP) is 2.44. The van der Waals surface area contributed by atoms with Crippen molar-refractivity contribution in [2.24, 2.45) is 0 Å². The van der Waals surface area contributed by atoms with E-state index in [-0.39, 0.29) is 0 Å². The van der Waals surface area contributed by atoms with E-state index in [0.717, 1.165) is 48.4 Å². The number of pyridine rings is 1. The first-order valence-electron chi connectivity index (χ1n) is 8.13. The third-order valence-corrected chi connectivity index (χ3v) is 4.81. The Morgan fingerprint density at radius 1 is 1.16 bits per heavy atom. The third-order valence-electron chi connectivity index (χ3n) is 3.86. The van der Waals surface area contributed by atoms with Crippen molar-refractivity contribution in [3.05, 3.63) is 47.9 Å². The Bertz CT molecular complexity index is 819. The number of aromatic nitrogens is 4. The molecule has 3 aromatic heterocycles. The van der Waals surface area contributed by atoms with E-state index in [4.69, 9.17) is 9.72 Å². The van der Waals surface area contributed by atoms with Gasteiger partial charge in [-0.05, 0) is 18.2 Å². The van der Waals surface area contributed by atoms with Gasteiger partial charge in [0.15, 0.2) is 5.13 Å². The molecule has 8 heteroatoms. The molecule has 4 heterocycles. The third kappa shape index (κ3) is 3.92. The molecule has 0 bridgehead atoms. The second-order valence-electron chi connectivity index (χ2n) is 5.58. The summed E-state index contributed by atoms with van der Waals surface area (Å²) in [5.74, 6) is 0.585. The summed E-state index contributed by atoms with van der Waals surface area (Å²) in [5, 5.41) is 6.36. The molecule has 3 aromatic rings. The highest BCUT2D eigenvalue weighted by Crippen LogP contribution is 2.22. The Morgan fingerprint density at radius 3 is 2.92 bits per heavy atom. The van der Waals surface area contributed by atoms with Gasteiger partial charge in [-0.2, -0.15) is 0 Å². The molecule has 1 saturated heterocycles. The van der Waals surface area contributed by atoms with Crippen LogP contribution >= 0.6 is 11.3 Å². The number of thiazole rings is 1. The summed E-state index contributed by atoms with van der Waals surface area (Å²) in [6, 6.07) is 5.75. The minimum absolute atomic E-state index is 0.585. The second kappa shape index (κ2) is 7.54. The number of nitrogens with zero attached hydrogens (tertiary/aromatic N) is 5. The molecule has 0 radical (unpaired) electrons. The number of morpholine rings is 1. The van der Waals surface area contributed by atoms with Crippen molar-refractivity contribution >= 4 is 22.4 Å². The largest absolute Gasteiger partial charge is 0.378 e. The molecule has 0 saturated carbocycles. The Balaban J connectivity index is 1.41. The first-order chi connectivity index (χ1) is 12.4. The molecule has 1 N–H and O–H groups in total. The second-order valence-corrected chi connectivity index (χ2v) is 6.42. The van der Waals surface area contributed by atoms with E-state index in [0.29, 0.717) is 12.5 Å². The van der Waals surface area contributed by atoms with Crippen molar-refractivity contribution in [1.82, 2.24) is 19.9 Å². The van der Waals surface area contributed by atoms with Crippen LogP contribution in [0.4, 0.5) is 11.1 Å². The van der Waals surface area contributed by atoms with Gasteiger partial charge in [0.2, 0.25) is 5.95 Å². The maximum Gasteiger partial charge on any atom is 0.223 e. The lowest BCUT2D eigenvalue weighted by molar-refractivity contribution is 0.122. The zero-order valence-corrected chi connectivity index (χ0v) is 14.4. The Morgan fingerprint density at radius 2 is 2.08 bits per heavy atom. The van der Waals surface area contributed by atoms with Gasteiger partial charge in [-0.25, -0.2) is 15.0 Å². The van der Waals surface area contributed by atoms with Gasteiger partial charge < -0.3 is 15.0 Å². The SMILES string of the molecule is c1cncc(-c2ccnc(NCc3csc(N4CCOCC4)n3)n2)c1. The van der Waals surface area contributed by atoms with Crippen LogP contribution in [0.1, 0.15) is 5.69 Å². The van der Waals surface area contributed by atoms with E-state index in [1.54, 1.807) is 29.9 Å². The standard InChI is InChI=1S/C17H18N6OS/c1-2-13(10-18-4-1)15-3-5-19-16(22-15)20-11-14-12-25-17(21-14)23-6-8-24-9-7-23/h1-5,10,12H,6-9,11H2,(H,19,20,22). The van der Waals surface area contributed by atoms with Crippen molar-refractivity contribution in [2.75, 3.05) is 36.5 Å². The number of hydrogen-bond acceptors (Lipinski definition) is 8. The van der Waals surface area contributed by atoms with E-state index in [1.807, 2.05) is 18.2 Å². The van der Waals surface area contributed by atoms with Crippen molar-refractivity contribution in [3.8, 4) is 11.3 Å². The van der Waals surface area contributed by atoms with Crippen molar-refractivity contribution in [1.29, 1.82) is 0 Å². The normalized spacial score (nSPS) is 14.5. The van der Waals surface area contributed by atoms with Gasteiger partial charge in [0.25, 0.3) is 0 Å². The monoisotopic (exact) mass is 354 g/mol. The molecular weight excluding hydrogens is 336 g/mol. The highest BCUT2D eigenvalue weighted by molar-refractivity contribution is 7.13. The molecule has 0 aliphatic carbocycles. The Labute approximate surface area is 149 Å². The highest BCUT2D eigenvalue weighted by atomic mass is 32.1. The molecule has 1 aliphatic heterocycles. The van der Waals surface area contributed by atoms with Crippen LogP contribution < -0.4 is 10.2 Å². The van der Waals surface area contributed by atoms with Crippen LogP contribution in [0.2, 0.25) is 0 Å². The fourth-order valence-corrected chi connectivity index (χ4v) is 3.44. The van der Waals surface area contributed by atoms with Crippen LogP contribution in [0.5, 0.6) is 0 Å². The van der Waals surface area contributed by atoms with E-state index < -0.39 is 0 Å². The lowest BCUT2D eigenvalue weighted by atomic mass is 10.2. The molecule has 128 valence electrons. The lowest BCUT2D eigenvalue weighted by Gasteiger charge is -2.26. The average molecular weight is 354 g/mol. The number of hydrogen-bond donors (Lipinski definition) is 1. The first kappa shape index (κ1) is 15.9. The van der Waals surface area contributed by atoms with Gasteiger partial charge >= 0.3 is 0 Å². The van der Waals surface area contributed by atoms with E-state index in [9.17, 15) is 0 Å². The van der Waals surface area contributed by atoms with Crippen molar-refractivity contribution in [3.63, 3.8) is 0 Å². The summed E-state index contributed by atoms with van der Waals surface area (Å²) >= 11 is 1.66. The van der Waals surface area contributed by atoms with Gasteiger partial charge in [0.05, 0.1) is 31.1 Å². The molecule has 25 heavy (non-hydrogen) atoms. The highest BCUT2D eigenvalue weighted by Gasteiger charge is 2.14. The van der Waals surface area contributed by atoms with Gasteiger partial charge in [0.1, 0.15) is 0 Å². The van der Waals surface area contributed by atoms with Crippen molar-refractivity contribution < 1.29 is 4.74 Å². The minimum atomic E-state index is 0.585. The Hall–Kier alpha value is -2.58. The van der Waals surface area contributed by atoms with Crippen LogP contribution in [0.25, 0.3) is 11.3 Å². The van der Waals surface area contributed by atoms with Crippen LogP contribution in [0.15, 0.2) is 42.2 Å². The molecular formula is C17H18N6OS. The maximum absolute atomic E-state index is 5.38. The van der Waals surface area contributed by atoms with E-state index in [1.165, 1.54) is 0 Å². The van der Waals surface area contributed by atoms with Gasteiger partial charge in [-0.1, -0.05) is 0 Å². The molecule has 7 nitrogen and oxygen atoms in total. The number of rotatable bonds is 5. The average Bonchev–Trinajstić information content (AvgIpc) is 3.17. The van der Waals surface area contributed by atoms with Crippen LogP contribution in [0.3, 0.4) is 0 Å². The molecule has 1 aliphatic rings. The Kier molecular flexibility index (Phi) is 4.80. The number of anilines is 2. The van der Waals surface area contributed by atoms with Gasteiger partial charge in [-0.15, -0.1) is 11.3 Å². The van der Waals surface area contributed by atoms with Gasteiger partial charge in [-0.3, -0.25) is 4.98 Å². The summed E-state index contributed by atoms with van der Waals surface area (Å²) in [5.41, 5.74) is 2.80. The lowest BCUT2D eigenvalue weighted by Crippen LogP contribution is -2.36. The zero-order valence-electron chi connectivity index (χ0n) is 13.6. The quantitative estimate of drug-likeness (QED) is 0.754. The molecule has 0 spiro atoms. The summed E-state index contributed by atoms with van der Waals surface area (Å²) in [4.78, 5) is 19.9. The maximum atomic E-state index is 5.38. The smallest absolute Gasteiger partial charge is 0.223 e. The topological polar surface area (TPSA) is 76.1 Å². The van der Waals surface area contributed by atoms with Crippen LogP contribution in [0, 0.1) is 0 Å². The molecule has 0 amide bonds. The van der Waals surface area contributed by atoms with E-state index >= 15 is 0 Å². The van der Waals surface area contributed by atoms with Gasteiger partial charge in [0, 0.05) is 42.6 Å². The molecule has 4 rings (SSSR count). The minimum Gasteiger partial charge on any atom is -0.378 e. The van der Waals surface area contributed by atoms with E-state index in [2.05, 4.69) is 30.5 Å². The summed E-state index contributed by atoms with van der Waals surface area (Å²) < 4.78 is 5.38.